The number of nitrogens with one attached hydrogen (secondary N) is 3. The van der Waals surface area contributed by atoms with Crippen molar-refractivity contribution in [3.8, 4) is 17.2 Å². The van der Waals surface area contributed by atoms with E-state index in [2.05, 4.69) is 16.0 Å². The van der Waals surface area contributed by atoms with E-state index >= 15 is 0 Å². The lowest BCUT2D eigenvalue weighted by molar-refractivity contribution is 0.298. The number of phosphoric ester groups is 1. The lowest BCUT2D eigenvalue weighted by atomic mass is 10.3. The summed E-state index contributed by atoms with van der Waals surface area (Å²) in [4.78, 5) is 0. The van der Waals surface area contributed by atoms with Crippen LogP contribution in [0.25, 0.3) is 0 Å². The molecule has 0 heterocycles. The Hall–Kier alpha value is -3.43. The second kappa shape index (κ2) is 11.8. The van der Waals surface area contributed by atoms with Gasteiger partial charge in [-0.3, -0.25) is 0 Å². The van der Waals surface area contributed by atoms with Crippen molar-refractivity contribution < 1.29 is 18.1 Å². The van der Waals surface area contributed by atoms with Gasteiger partial charge in [-0.2, -0.15) is 4.57 Å². The van der Waals surface area contributed by atoms with Gasteiger partial charge in [0, 0.05) is 17.1 Å². The molecule has 0 bridgehead atoms. The predicted octanol–water partition coefficient (Wildman–Crippen LogP) is 4.48. The molecule has 3 rings (SSSR count). The fraction of sp³-hybridized carbons (Fsp3) is 0.250. The zero-order valence-corrected chi connectivity index (χ0v) is 20.9. The number of hydrogen-bond donors (Lipinski definition) is 6. The van der Waals surface area contributed by atoms with Crippen LogP contribution in [0.4, 0.5) is 17.1 Å². The summed E-state index contributed by atoms with van der Waals surface area (Å²) in [6.07, 6.45) is -0.670. The minimum atomic E-state index is -4.15. The molecule has 35 heavy (non-hydrogen) atoms. The van der Waals surface area contributed by atoms with Crippen LogP contribution in [0.3, 0.4) is 0 Å². The van der Waals surface area contributed by atoms with Gasteiger partial charge in [-0.25, -0.2) is 0 Å². The molecule has 0 aliphatic rings. The molecule has 3 aromatic rings. The Bertz CT molecular complexity index is 965. The van der Waals surface area contributed by atoms with E-state index in [9.17, 15) is 4.57 Å². The van der Waals surface area contributed by atoms with Crippen LogP contribution < -0.4 is 46.7 Å². The quantitative estimate of drug-likeness (QED) is 0.155. The molecule has 188 valence electrons. The average Bonchev–Trinajstić information content (AvgIpc) is 2.77. The number of hydrogen-bond acceptors (Lipinski definition) is 10. The first-order valence-electron chi connectivity index (χ1n) is 11.2. The van der Waals surface area contributed by atoms with Crippen molar-refractivity contribution in [1.29, 1.82) is 0 Å². The van der Waals surface area contributed by atoms with Gasteiger partial charge in [0.15, 0.2) is 0 Å². The normalized spacial score (nSPS) is 15.1. The fourth-order valence-corrected chi connectivity index (χ4v) is 4.32. The molecule has 0 saturated carbocycles. The van der Waals surface area contributed by atoms with Crippen molar-refractivity contribution in [3.63, 3.8) is 0 Å². The Labute approximate surface area is 205 Å². The van der Waals surface area contributed by atoms with Gasteiger partial charge in [-0.15, -0.1) is 0 Å². The molecule has 3 unspecified atom stereocenters. The first-order valence-corrected chi connectivity index (χ1v) is 12.6. The molecular formula is C24H33N6O4P. The van der Waals surface area contributed by atoms with Crippen molar-refractivity contribution in [2.24, 2.45) is 17.2 Å². The molecular weight excluding hydrogens is 467 g/mol. The maximum absolute atomic E-state index is 13.7. The lowest BCUT2D eigenvalue weighted by Crippen LogP contribution is -2.25. The summed E-state index contributed by atoms with van der Waals surface area (Å²) in [6.45, 7) is 5.47. The molecule has 11 heteroatoms. The highest BCUT2D eigenvalue weighted by Crippen LogP contribution is 2.50. The topological polar surface area (TPSA) is 159 Å². The van der Waals surface area contributed by atoms with Gasteiger partial charge in [0.2, 0.25) is 0 Å². The van der Waals surface area contributed by atoms with Gasteiger partial charge in [0.05, 0.1) is 18.5 Å². The molecule has 0 radical (unpaired) electrons. The maximum atomic E-state index is 13.7. The molecule has 9 N–H and O–H groups in total. The van der Waals surface area contributed by atoms with Crippen LogP contribution >= 0.6 is 7.82 Å². The number of benzene rings is 3. The molecule has 0 aromatic heterocycles. The van der Waals surface area contributed by atoms with Gasteiger partial charge in [0.25, 0.3) is 0 Å². The Morgan fingerprint density at radius 1 is 0.543 bits per heavy atom. The van der Waals surface area contributed by atoms with Crippen LogP contribution in [0, 0.1) is 0 Å². The van der Waals surface area contributed by atoms with Crippen molar-refractivity contribution >= 4 is 24.9 Å². The average molecular weight is 501 g/mol. The van der Waals surface area contributed by atoms with Crippen molar-refractivity contribution in [3.05, 3.63) is 72.8 Å². The second-order valence-corrected chi connectivity index (χ2v) is 9.54. The number of anilines is 3. The smallest absolute Gasteiger partial charge is 0.386 e. The fourth-order valence-electron chi connectivity index (χ4n) is 3.07. The van der Waals surface area contributed by atoms with Gasteiger partial charge < -0.3 is 46.7 Å². The third-order valence-electron chi connectivity index (χ3n) is 4.40. The highest BCUT2D eigenvalue weighted by molar-refractivity contribution is 7.49. The van der Waals surface area contributed by atoms with E-state index < -0.39 is 7.82 Å². The molecule has 10 nitrogen and oxygen atoms in total. The monoisotopic (exact) mass is 500 g/mol. The summed E-state index contributed by atoms with van der Waals surface area (Å²) in [5.41, 5.74) is 19.7. The second-order valence-electron chi connectivity index (χ2n) is 8.09. The highest BCUT2D eigenvalue weighted by atomic mass is 31.2. The lowest BCUT2D eigenvalue weighted by Gasteiger charge is -2.20. The zero-order chi connectivity index (χ0) is 25.4. The van der Waals surface area contributed by atoms with E-state index in [4.69, 9.17) is 30.8 Å². The van der Waals surface area contributed by atoms with E-state index in [0.29, 0.717) is 17.2 Å². The summed E-state index contributed by atoms with van der Waals surface area (Å²) in [5, 5.41) is 9.22. The van der Waals surface area contributed by atoms with E-state index in [1.54, 1.807) is 72.8 Å². The van der Waals surface area contributed by atoms with Crippen LogP contribution in [0.5, 0.6) is 17.2 Å². The minimum absolute atomic E-state index is 0.223. The third-order valence-corrected chi connectivity index (χ3v) is 5.70. The molecule has 0 aliphatic carbocycles. The van der Waals surface area contributed by atoms with Crippen LogP contribution in [0.1, 0.15) is 20.8 Å². The molecule has 0 aliphatic heterocycles. The number of rotatable bonds is 12. The number of phosphoric acid groups is 1. The zero-order valence-electron chi connectivity index (χ0n) is 20.0. The van der Waals surface area contributed by atoms with Gasteiger partial charge >= 0.3 is 7.82 Å². The summed E-state index contributed by atoms with van der Waals surface area (Å²) < 4.78 is 31.0. The summed E-state index contributed by atoms with van der Waals surface area (Å²) in [7, 11) is -4.15. The van der Waals surface area contributed by atoms with E-state index in [0.717, 1.165) is 17.1 Å². The maximum Gasteiger partial charge on any atom is 0.647 e. The Kier molecular flexibility index (Phi) is 8.84. The van der Waals surface area contributed by atoms with Crippen LogP contribution in [-0.2, 0) is 4.57 Å². The number of nitrogens with two attached hydrogens (primary N) is 3. The van der Waals surface area contributed by atoms with E-state index in [1.807, 2.05) is 20.8 Å². The standard InChI is InChI=1S/C24H33N6O4P/c1-16(25)28-19-4-10-22(11-5-19)32-35(31,33-23-12-6-20(7-13-23)29-17(2)26)34-24-14-8-21(9-15-24)30-18(3)27/h4-18,28-30H,25-27H2,1-3H3. The first-order chi connectivity index (χ1) is 16.6. The highest BCUT2D eigenvalue weighted by Gasteiger charge is 2.33. The minimum Gasteiger partial charge on any atom is -0.386 e. The van der Waals surface area contributed by atoms with Crippen molar-refractivity contribution in [2.45, 2.75) is 39.3 Å². The molecule has 0 saturated heterocycles. The summed E-state index contributed by atoms with van der Waals surface area (Å²) in [5.74, 6) is 0.900. The SMILES string of the molecule is CC(N)Nc1ccc(OP(=O)(Oc2ccc(NC(C)N)cc2)Oc2ccc(NC(C)N)cc2)cc1. The van der Waals surface area contributed by atoms with E-state index in [1.165, 1.54) is 0 Å². The van der Waals surface area contributed by atoms with Gasteiger partial charge in [-0.1, -0.05) is 0 Å². The molecule has 3 atom stereocenters. The predicted molar refractivity (Wildman–Crippen MR) is 141 cm³/mol. The van der Waals surface area contributed by atoms with Crippen molar-refractivity contribution in [1.82, 2.24) is 0 Å². The van der Waals surface area contributed by atoms with Crippen LogP contribution in [-0.4, -0.2) is 18.5 Å². The summed E-state index contributed by atoms with van der Waals surface area (Å²) in [6, 6.07) is 20.4. The Morgan fingerprint density at radius 3 is 0.971 bits per heavy atom. The Balaban J connectivity index is 1.81. The molecule has 0 amide bonds. The molecule has 0 fully saturated rings. The first kappa shape index (κ1) is 26.2. The summed E-state index contributed by atoms with van der Waals surface area (Å²) >= 11 is 0. The van der Waals surface area contributed by atoms with Gasteiger partial charge in [0.1, 0.15) is 17.2 Å². The van der Waals surface area contributed by atoms with Gasteiger partial charge in [-0.05, 0) is 93.6 Å². The van der Waals surface area contributed by atoms with E-state index in [-0.39, 0.29) is 18.5 Å². The van der Waals surface area contributed by atoms with Crippen LogP contribution in [0.2, 0.25) is 0 Å². The third kappa shape index (κ3) is 8.70. The Morgan fingerprint density at radius 2 is 0.771 bits per heavy atom. The molecule has 3 aromatic carbocycles. The largest absolute Gasteiger partial charge is 0.647 e. The van der Waals surface area contributed by atoms with Crippen LogP contribution in [0.15, 0.2) is 72.8 Å². The van der Waals surface area contributed by atoms with Crippen molar-refractivity contribution in [2.75, 3.05) is 16.0 Å². The molecule has 0 spiro atoms.